The number of nitro benzene ring substituents is 2. The first kappa shape index (κ1) is 19.9. The SMILES string of the molecule is CN(C)S(=O)(=O)c1ccc(NC(=O)c2cc([N+](=O)[O-])cc([N+](=O)[O-])c2)cc1. The summed E-state index contributed by atoms with van der Waals surface area (Å²) in [6.07, 6.45) is 0. The van der Waals surface area contributed by atoms with Crippen LogP contribution < -0.4 is 5.32 Å². The summed E-state index contributed by atoms with van der Waals surface area (Å²) in [6.45, 7) is 0. The van der Waals surface area contributed by atoms with Gasteiger partial charge in [-0.3, -0.25) is 25.0 Å². The molecule has 1 N–H and O–H groups in total. The molecule has 0 spiro atoms. The van der Waals surface area contributed by atoms with E-state index < -0.39 is 37.2 Å². The van der Waals surface area contributed by atoms with Gasteiger partial charge < -0.3 is 5.32 Å². The molecular weight excluding hydrogens is 380 g/mol. The number of benzene rings is 2. The van der Waals surface area contributed by atoms with Gasteiger partial charge in [0.1, 0.15) is 0 Å². The van der Waals surface area contributed by atoms with Crippen molar-refractivity contribution in [1.29, 1.82) is 0 Å². The van der Waals surface area contributed by atoms with Gasteiger partial charge in [0.25, 0.3) is 17.3 Å². The number of nitrogens with one attached hydrogen (secondary N) is 1. The second-order valence-corrected chi connectivity index (χ2v) is 7.67. The number of sulfonamides is 1. The first-order valence-electron chi connectivity index (χ1n) is 7.30. The maximum atomic E-state index is 12.3. The number of anilines is 1. The summed E-state index contributed by atoms with van der Waals surface area (Å²) in [7, 11) is -0.883. The fourth-order valence-electron chi connectivity index (χ4n) is 2.06. The molecule has 0 unspecified atom stereocenters. The van der Waals surface area contributed by atoms with Crippen LogP contribution in [0, 0.1) is 20.2 Å². The maximum Gasteiger partial charge on any atom is 0.277 e. The zero-order valence-corrected chi connectivity index (χ0v) is 15.0. The predicted octanol–water partition coefficient (Wildman–Crippen LogP) is 2.01. The Labute approximate surface area is 153 Å². The molecule has 1 amide bonds. The zero-order valence-electron chi connectivity index (χ0n) is 14.1. The average molecular weight is 394 g/mol. The molecule has 0 atom stereocenters. The van der Waals surface area contributed by atoms with E-state index in [1.165, 1.54) is 38.4 Å². The smallest absolute Gasteiger partial charge is 0.277 e. The Kier molecular flexibility index (Phi) is 5.52. The van der Waals surface area contributed by atoms with Crippen LogP contribution in [0.2, 0.25) is 0 Å². The zero-order chi connectivity index (χ0) is 20.4. The van der Waals surface area contributed by atoms with Gasteiger partial charge in [0.05, 0.1) is 26.4 Å². The highest BCUT2D eigenvalue weighted by Gasteiger charge is 2.20. The fourth-order valence-corrected chi connectivity index (χ4v) is 2.96. The highest BCUT2D eigenvalue weighted by Crippen LogP contribution is 2.24. The van der Waals surface area contributed by atoms with Gasteiger partial charge in [0, 0.05) is 31.9 Å². The quantitative estimate of drug-likeness (QED) is 0.581. The molecule has 12 heteroatoms. The van der Waals surface area contributed by atoms with E-state index in [9.17, 15) is 33.4 Å². The Morgan fingerprint density at radius 1 is 0.963 bits per heavy atom. The molecule has 2 rings (SSSR count). The van der Waals surface area contributed by atoms with Crippen LogP contribution in [0.5, 0.6) is 0 Å². The summed E-state index contributed by atoms with van der Waals surface area (Å²) in [5.74, 6) is -0.815. The molecule has 2 aromatic carbocycles. The van der Waals surface area contributed by atoms with Gasteiger partial charge in [-0.1, -0.05) is 0 Å². The monoisotopic (exact) mass is 394 g/mol. The second-order valence-electron chi connectivity index (χ2n) is 5.52. The third kappa shape index (κ3) is 4.43. The van der Waals surface area contributed by atoms with Crippen molar-refractivity contribution in [2.75, 3.05) is 19.4 Å². The summed E-state index contributed by atoms with van der Waals surface area (Å²) >= 11 is 0. The maximum absolute atomic E-state index is 12.3. The van der Waals surface area contributed by atoms with Crippen LogP contribution in [0.25, 0.3) is 0 Å². The van der Waals surface area contributed by atoms with Crippen molar-refractivity contribution in [2.24, 2.45) is 0 Å². The third-order valence-corrected chi connectivity index (χ3v) is 5.31. The van der Waals surface area contributed by atoms with Crippen molar-refractivity contribution in [1.82, 2.24) is 4.31 Å². The molecule has 0 fully saturated rings. The lowest BCUT2D eigenvalue weighted by molar-refractivity contribution is -0.394. The Bertz CT molecular complexity index is 985. The van der Waals surface area contributed by atoms with Gasteiger partial charge in [0.15, 0.2) is 0 Å². The van der Waals surface area contributed by atoms with Crippen LogP contribution in [0.15, 0.2) is 47.4 Å². The van der Waals surface area contributed by atoms with E-state index in [1.807, 2.05) is 0 Å². The second kappa shape index (κ2) is 7.47. The van der Waals surface area contributed by atoms with E-state index in [-0.39, 0.29) is 16.1 Å². The fraction of sp³-hybridized carbons (Fsp3) is 0.133. The number of carbonyl (C=O) groups excluding carboxylic acids is 1. The summed E-state index contributed by atoms with van der Waals surface area (Å²) in [5, 5.41) is 24.2. The molecule has 0 bridgehead atoms. The molecule has 0 aromatic heterocycles. The third-order valence-electron chi connectivity index (χ3n) is 3.48. The minimum atomic E-state index is -3.63. The summed E-state index contributed by atoms with van der Waals surface area (Å²) in [4.78, 5) is 32.4. The van der Waals surface area contributed by atoms with E-state index in [4.69, 9.17) is 0 Å². The first-order valence-corrected chi connectivity index (χ1v) is 8.74. The topological polar surface area (TPSA) is 153 Å². The lowest BCUT2D eigenvalue weighted by Crippen LogP contribution is -2.22. The molecule has 0 aliphatic heterocycles. The van der Waals surface area contributed by atoms with E-state index in [2.05, 4.69) is 5.32 Å². The number of nitro groups is 2. The number of carbonyl (C=O) groups is 1. The van der Waals surface area contributed by atoms with Gasteiger partial charge in [-0.15, -0.1) is 0 Å². The molecular formula is C15H14N4O7S. The average Bonchev–Trinajstić information content (AvgIpc) is 2.61. The molecule has 2 aromatic rings. The Balaban J connectivity index is 2.30. The molecule has 0 radical (unpaired) electrons. The minimum Gasteiger partial charge on any atom is -0.322 e. The van der Waals surface area contributed by atoms with Crippen LogP contribution in [0.1, 0.15) is 10.4 Å². The molecule has 142 valence electrons. The molecule has 0 heterocycles. The van der Waals surface area contributed by atoms with Gasteiger partial charge >= 0.3 is 0 Å². The molecule has 0 aliphatic rings. The van der Waals surface area contributed by atoms with Gasteiger partial charge in [-0.25, -0.2) is 12.7 Å². The van der Waals surface area contributed by atoms with Gasteiger partial charge in [0.2, 0.25) is 10.0 Å². The highest BCUT2D eigenvalue weighted by molar-refractivity contribution is 7.89. The van der Waals surface area contributed by atoms with Crippen LogP contribution >= 0.6 is 0 Å². The normalized spacial score (nSPS) is 11.2. The lowest BCUT2D eigenvalue weighted by Gasteiger charge is -2.12. The largest absolute Gasteiger partial charge is 0.322 e. The highest BCUT2D eigenvalue weighted by atomic mass is 32.2. The Hall–Kier alpha value is -3.38. The number of hydrogen-bond donors (Lipinski definition) is 1. The van der Waals surface area contributed by atoms with E-state index in [0.717, 1.165) is 22.5 Å². The van der Waals surface area contributed by atoms with E-state index >= 15 is 0 Å². The summed E-state index contributed by atoms with van der Waals surface area (Å²) in [6, 6.07) is 7.79. The molecule has 0 saturated carbocycles. The van der Waals surface area contributed by atoms with Crippen molar-refractivity contribution >= 4 is 33.0 Å². The van der Waals surface area contributed by atoms with Crippen LogP contribution in [0.3, 0.4) is 0 Å². The molecule has 0 saturated heterocycles. The van der Waals surface area contributed by atoms with E-state index in [0.29, 0.717) is 0 Å². The van der Waals surface area contributed by atoms with Crippen LogP contribution in [-0.2, 0) is 10.0 Å². The summed E-state index contributed by atoms with van der Waals surface area (Å²) in [5.41, 5.74) is -1.25. The predicted molar refractivity (Wildman–Crippen MR) is 95.0 cm³/mol. The van der Waals surface area contributed by atoms with Crippen molar-refractivity contribution in [3.8, 4) is 0 Å². The molecule has 27 heavy (non-hydrogen) atoms. The molecule has 0 aliphatic carbocycles. The standard InChI is InChI=1S/C15H14N4O7S/c1-17(2)27(25,26)14-5-3-11(4-6-14)16-15(20)10-7-12(18(21)22)9-13(8-10)19(23)24/h3-9H,1-2H3,(H,16,20). The van der Waals surface area contributed by atoms with Gasteiger partial charge in [-0.2, -0.15) is 0 Å². The Morgan fingerprint density at radius 3 is 1.85 bits per heavy atom. The lowest BCUT2D eigenvalue weighted by atomic mass is 10.1. The number of hydrogen-bond acceptors (Lipinski definition) is 7. The van der Waals surface area contributed by atoms with Crippen molar-refractivity contribution < 1.29 is 23.1 Å². The van der Waals surface area contributed by atoms with E-state index in [1.54, 1.807) is 0 Å². The van der Waals surface area contributed by atoms with Crippen LogP contribution in [-0.4, -0.2) is 42.6 Å². The minimum absolute atomic E-state index is 0.0106. The molecule has 11 nitrogen and oxygen atoms in total. The van der Waals surface area contributed by atoms with Crippen molar-refractivity contribution in [2.45, 2.75) is 4.90 Å². The Morgan fingerprint density at radius 2 is 1.44 bits per heavy atom. The van der Waals surface area contributed by atoms with Gasteiger partial charge in [-0.05, 0) is 24.3 Å². The number of non-ortho nitro benzene ring substituents is 2. The van der Waals surface area contributed by atoms with Crippen LogP contribution in [0.4, 0.5) is 17.1 Å². The number of amides is 1. The van der Waals surface area contributed by atoms with Crippen molar-refractivity contribution in [3.63, 3.8) is 0 Å². The first-order chi connectivity index (χ1) is 12.5. The number of nitrogens with zero attached hydrogens (tertiary/aromatic N) is 3. The summed E-state index contributed by atoms with van der Waals surface area (Å²) < 4.78 is 25.0. The number of rotatable bonds is 6. The van der Waals surface area contributed by atoms with Crippen molar-refractivity contribution in [3.05, 3.63) is 68.3 Å².